The van der Waals surface area contributed by atoms with Crippen LogP contribution in [0.1, 0.15) is 15.9 Å². The van der Waals surface area contributed by atoms with Crippen molar-refractivity contribution in [2.45, 2.75) is 6.92 Å². The molecule has 0 saturated heterocycles. The minimum Gasteiger partial charge on any atom is -0.872 e. The molecule has 0 atom stereocenters. The van der Waals surface area contributed by atoms with Gasteiger partial charge in [-0.15, -0.1) is 5.75 Å². The topological polar surface area (TPSA) is 49.4 Å². The number of methoxy groups -OCH3 is 1. The standard InChI is InChI=1S/C9H10O3/c1-6-3-7(9(11)12-2)5-8(10)4-6/h3-5,10H,1-2H3/p-1. The van der Waals surface area contributed by atoms with Crippen LogP contribution in [0.4, 0.5) is 0 Å². The molecule has 1 aromatic carbocycles. The average Bonchev–Trinajstić information content (AvgIpc) is 2.01. The van der Waals surface area contributed by atoms with Gasteiger partial charge in [0.15, 0.2) is 0 Å². The number of hydrogen-bond acceptors (Lipinski definition) is 3. The third-order valence-corrected chi connectivity index (χ3v) is 1.47. The Hall–Kier alpha value is -1.51. The van der Waals surface area contributed by atoms with Gasteiger partial charge in [0.25, 0.3) is 0 Å². The lowest BCUT2D eigenvalue weighted by Gasteiger charge is -2.08. The van der Waals surface area contributed by atoms with E-state index in [4.69, 9.17) is 0 Å². The first-order valence-electron chi connectivity index (χ1n) is 3.50. The van der Waals surface area contributed by atoms with Crippen LogP contribution in [0.3, 0.4) is 0 Å². The summed E-state index contributed by atoms with van der Waals surface area (Å²) in [7, 11) is 1.29. The maximum absolute atomic E-state index is 11.0. The lowest BCUT2D eigenvalue weighted by atomic mass is 10.1. The Morgan fingerprint density at radius 3 is 2.58 bits per heavy atom. The van der Waals surface area contributed by atoms with Gasteiger partial charge in [-0.3, -0.25) is 0 Å². The first-order chi connectivity index (χ1) is 5.63. The van der Waals surface area contributed by atoms with E-state index in [1.165, 1.54) is 19.2 Å². The normalized spacial score (nSPS) is 9.50. The van der Waals surface area contributed by atoms with Crippen LogP contribution >= 0.6 is 0 Å². The van der Waals surface area contributed by atoms with Gasteiger partial charge in [-0.05, 0) is 13.0 Å². The fraction of sp³-hybridized carbons (Fsp3) is 0.222. The van der Waals surface area contributed by atoms with E-state index in [2.05, 4.69) is 4.74 Å². The van der Waals surface area contributed by atoms with Gasteiger partial charge in [0, 0.05) is 0 Å². The van der Waals surface area contributed by atoms with Crippen molar-refractivity contribution >= 4 is 5.97 Å². The fourth-order valence-corrected chi connectivity index (χ4v) is 0.984. The summed E-state index contributed by atoms with van der Waals surface area (Å²) in [4.78, 5) is 11.0. The molecule has 3 nitrogen and oxygen atoms in total. The number of aryl methyl sites for hydroxylation is 1. The van der Waals surface area contributed by atoms with Gasteiger partial charge in [-0.2, -0.15) is 0 Å². The molecular weight excluding hydrogens is 156 g/mol. The third kappa shape index (κ3) is 1.75. The Morgan fingerprint density at radius 1 is 1.42 bits per heavy atom. The highest BCUT2D eigenvalue weighted by Gasteiger charge is 2.03. The van der Waals surface area contributed by atoms with Crippen LogP contribution < -0.4 is 5.11 Å². The summed E-state index contributed by atoms with van der Waals surface area (Å²) >= 11 is 0. The number of hydrogen-bond donors (Lipinski definition) is 0. The molecule has 0 aromatic heterocycles. The summed E-state index contributed by atoms with van der Waals surface area (Å²) in [6.07, 6.45) is 0. The first kappa shape index (κ1) is 8.59. The van der Waals surface area contributed by atoms with E-state index < -0.39 is 5.97 Å². The van der Waals surface area contributed by atoms with E-state index in [9.17, 15) is 9.90 Å². The Morgan fingerprint density at radius 2 is 2.08 bits per heavy atom. The summed E-state index contributed by atoms with van der Waals surface area (Å²) in [6, 6.07) is 4.35. The zero-order valence-corrected chi connectivity index (χ0v) is 6.96. The highest BCUT2D eigenvalue weighted by atomic mass is 16.5. The predicted octanol–water partition coefficient (Wildman–Crippen LogP) is 0.855. The zero-order valence-electron chi connectivity index (χ0n) is 6.96. The van der Waals surface area contributed by atoms with Crippen LogP contribution in [0.2, 0.25) is 0 Å². The van der Waals surface area contributed by atoms with Crippen molar-refractivity contribution in [3.8, 4) is 5.75 Å². The van der Waals surface area contributed by atoms with Crippen molar-refractivity contribution in [3.05, 3.63) is 29.3 Å². The van der Waals surface area contributed by atoms with Crippen LogP contribution in [0.5, 0.6) is 5.75 Å². The van der Waals surface area contributed by atoms with E-state index in [0.717, 1.165) is 5.56 Å². The molecule has 0 spiro atoms. The van der Waals surface area contributed by atoms with Gasteiger partial charge in [0.2, 0.25) is 0 Å². The Balaban J connectivity index is 3.08. The Kier molecular flexibility index (Phi) is 2.33. The van der Waals surface area contributed by atoms with Crippen molar-refractivity contribution in [1.82, 2.24) is 0 Å². The summed E-state index contributed by atoms with van der Waals surface area (Å²) in [5.74, 6) is -0.647. The van der Waals surface area contributed by atoms with Gasteiger partial charge < -0.3 is 9.84 Å². The fourth-order valence-electron chi connectivity index (χ4n) is 0.984. The van der Waals surface area contributed by atoms with Crippen molar-refractivity contribution in [2.75, 3.05) is 7.11 Å². The second-order valence-corrected chi connectivity index (χ2v) is 2.53. The molecule has 0 bridgehead atoms. The Labute approximate surface area is 70.6 Å². The molecule has 0 aliphatic carbocycles. The van der Waals surface area contributed by atoms with Crippen molar-refractivity contribution < 1.29 is 14.6 Å². The molecule has 0 amide bonds. The van der Waals surface area contributed by atoms with E-state index >= 15 is 0 Å². The molecule has 64 valence electrons. The minimum absolute atomic E-state index is 0.171. The number of carbonyl (C=O) groups is 1. The number of benzene rings is 1. The zero-order chi connectivity index (χ0) is 9.14. The van der Waals surface area contributed by atoms with Crippen molar-refractivity contribution in [3.63, 3.8) is 0 Å². The maximum Gasteiger partial charge on any atom is 0.337 e. The van der Waals surface area contributed by atoms with E-state index in [0.29, 0.717) is 5.56 Å². The largest absolute Gasteiger partial charge is 0.872 e. The third-order valence-electron chi connectivity index (χ3n) is 1.47. The van der Waals surface area contributed by atoms with Crippen LogP contribution in [-0.2, 0) is 4.74 Å². The molecular formula is C9H9O3-. The highest BCUT2D eigenvalue weighted by molar-refractivity contribution is 5.89. The van der Waals surface area contributed by atoms with E-state index in [-0.39, 0.29) is 5.75 Å². The summed E-state index contributed by atoms with van der Waals surface area (Å²) in [6.45, 7) is 1.76. The summed E-state index contributed by atoms with van der Waals surface area (Å²) < 4.78 is 4.47. The smallest absolute Gasteiger partial charge is 0.337 e. The van der Waals surface area contributed by atoms with Crippen molar-refractivity contribution in [2.24, 2.45) is 0 Å². The lowest BCUT2D eigenvalue weighted by Crippen LogP contribution is -2.03. The molecule has 12 heavy (non-hydrogen) atoms. The summed E-state index contributed by atoms with van der Waals surface area (Å²) in [5.41, 5.74) is 1.07. The molecule has 0 heterocycles. The molecule has 0 saturated carbocycles. The quantitative estimate of drug-likeness (QED) is 0.580. The number of rotatable bonds is 1. The number of carbonyl (C=O) groups excluding carboxylic acids is 1. The van der Waals surface area contributed by atoms with Crippen LogP contribution in [0.25, 0.3) is 0 Å². The molecule has 0 radical (unpaired) electrons. The van der Waals surface area contributed by atoms with E-state index in [1.54, 1.807) is 13.0 Å². The monoisotopic (exact) mass is 165 g/mol. The number of ether oxygens (including phenoxy) is 1. The second kappa shape index (κ2) is 3.26. The molecule has 3 heteroatoms. The second-order valence-electron chi connectivity index (χ2n) is 2.53. The maximum atomic E-state index is 11.0. The van der Waals surface area contributed by atoms with Gasteiger partial charge >= 0.3 is 5.97 Å². The molecule has 1 aromatic rings. The highest BCUT2D eigenvalue weighted by Crippen LogP contribution is 2.12. The number of esters is 1. The molecule has 0 N–H and O–H groups in total. The molecule has 0 aliphatic rings. The Bertz CT molecular complexity index is 284. The molecule has 0 fully saturated rings. The van der Waals surface area contributed by atoms with E-state index in [1.807, 2.05) is 0 Å². The molecule has 0 aliphatic heterocycles. The van der Waals surface area contributed by atoms with Crippen molar-refractivity contribution in [1.29, 1.82) is 0 Å². The summed E-state index contributed by atoms with van der Waals surface area (Å²) in [5, 5.41) is 10.9. The average molecular weight is 165 g/mol. The van der Waals surface area contributed by atoms with Gasteiger partial charge in [0.05, 0.1) is 12.7 Å². The lowest BCUT2D eigenvalue weighted by molar-refractivity contribution is -0.268. The van der Waals surface area contributed by atoms with Crippen LogP contribution in [0.15, 0.2) is 18.2 Å². The SMILES string of the molecule is COC(=O)c1cc(C)cc([O-])c1. The first-order valence-corrected chi connectivity index (χ1v) is 3.50. The molecule has 0 unspecified atom stereocenters. The molecule has 1 rings (SSSR count). The van der Waals surface area contributed by atoms with Crippen LogP contribution in [0, 0.1) is 6.92 Å². The van der Waals surface area contributed by atoms with Gasteiger partial charge in [-0.25, -0.2) is 4.79 Å². The van der Waals surface area contributed by atoms with Gasteiger partial charge in [-0.1, -0.05) is 17.7 Å². The van der Waals surface area contributed by atoms with Gasteiger partial charge in [0.1, 0.15) is 0 Å². The predicted molar refractivity (Wildman–Crippen MR) is 42.0 cm³/mol. The minimum atomic E-state index is -0.476. The van der Waals surface area contributed by atoms with Crippen LogP contribution in [-0.4, -0.2) is 13.1 Å².